The summed E-state index contributed by atoms with van der Waals surface area (Å²) >= 11 is 0. The molecule has 1 fully saturated rings. The molecule has 0 spiro atoms. The van der Waals surface area contributed by atoms with Crippen LogP contribution >= 0.6 is 0 Å². The highest BCUT2D eigenvalue weighted by atomic mass is 14.3. The molecule has 80 valence electrons. The van der Waals surface area contributed by atoms with Crippen molar-refractivity contribution < 1.29 is 0 Å². The molecule has 1 aliphatic carbocycles. The minimum atomic E-state index is 0.726. The Hall–Kier alpha value is 0. The van der Waals surface area contributed by atoms with E-state index >= 15 is 0 Å². The van der Waals surface area contributed by atoms with Gasteiger partial charge in [-0.1, -0.05) is 53.9 Å². The maximum atomic E-state index is 2.47. The summed E-state index contributed by atoms with van der Waals surface area (Å²) in [5.74, 6) is 0.896. The van der Waals surface area contributed by atoms with Crippen molar-refractivity contribution in [2.24, 2.45) is 11.3 Å². The third-order valence-corrected chi connectivity index (χ3v) is 3.14. The van der Waals surface area contributed by atoms with Crippen LogP contribution in [0.4, 0.5) is 0 Å². The number of hydrogen-bond donors (Lipinski definition) is 0. The van der Waals surface area contributed by atoms with Crippen molar-refractivity contribution in [1.29, 1.82) is 0 Å². The summed E-state index contributed by atoms with van der Waals surface area (Å²) in [6, 6.07) is 0. The van der Waals surface area contributed by atoms with Crippen molar-refractivity contribution in [3.63, 3.8) is 0 Å². The van der Waals surface area contributed by atoms with Crippen LogP contribution in [0.5, 0.6) is 0 Å². The van der Waals surface area contributed by atoms with Gasteiger partial charge in [0, 0.05) is 0 Å². The van der Waals surface area contributed by atoms with Crippen molar-refractivity contribution >= 4 is 0 Å². The summed E-state index contributed by atoms with van der Waals surface area (Å²) in [6.45, 7) is 11.1. The molecule has 0 heteroatoms. The van der Waals surface area contributed by atoms with Crippen LogP contribution in [0.3, 0.4) is 0 Å². The van der Waals surface area contributed by atoms with Gasteiger partial charge >= 0.3 is 0 Å². The second kappa shape index (κ2) is 6.45. The van der Waals surface area contributed by atoms with E-state index in [2.05, 4.69) is 20.8 Å². The molecule has 0 aromatic heterocycles. The fourth-order valence-electron chi connectivity index (χ4n) is 2.12. The van der Waals surface area contributed by atoms with Crippen molar-refractivity contribution in [3.8, 4) is 0 Å². The molecule has 13 heavy (non-hydrogen) atoms. The molecule has 0 bridgehead atoms. The van der Waals surface area contributed by atoms with Crippen LogP contribution in [0, 0.1) is 11.3 Å². The Morgan fingerprint density at radius 1 is 1.08 bits per heavy atom. The summed E-state index contributed by atoms with van der Waals surface area (Å²) in [4.78, 5) is 0. The third-order valence-electron chi connectivity index (χ3n) is 3.14. The molecule has 1 rings (SSSR count). The van der Waals surface area contributed by atoms with Crippen LogP contribution in [-0.4, -0.2) is 0 Å². The van der Waals surface area contributed by atoms with E-state index in [1.54, 1.807) is 0 Å². The Balaban J connectivity index is 0.000000671. The monoisotopic (exact) mass is 184 g/mol. The first-order valence-electron chi connectivity index (χ1n) is 6.12. The first kappa shape index (κ1) is 13.0. The molecule has 0 aromatic rings. The van der Waals surface area contributed by atoms with E-state index in [-0.39, 0.29) is 0 Å². The van der Waals surface area contributed by atoms with Gasteiger partial charge in [-0.15, -0.1) is 0 Å². The van der Waals surface area contributed by atoms with Crippen molar-refractivity contribution in [2.45, 2.75) is 73.1 Å². The summed E-state index contributed by atoms with van der Waals surface area (Å²) in [6.07, 6.45) is 8.82. The molecule has 0 heterocycles. The highest BCUT2D eigenvalue weighted by Crippen LogP contribution is 2.41. The van der Waals surface area contributed by atoms with Gasteiger partial charge in [-0.2, -0.15) is 0 Å². The lowest BCUT2D eigenvalue weighted by Crippen LogP contribution is -2.11. The van der Waals surface area contributed by atoms with E-state index in [0.717, 1.165) is 11.3 Å². The molecule has 0 saturated heterocycles. The minimum Gasteiger partial charge on any atom is -0.0683 e. The van der Waals surface area contributed by atoms with E-state index in [4.69, 9.17) is 0 Å². The van der Waals surface area contributed by atoms with Crippen LogP contribution in [0.1, 0.15) is 73.1 Å². The predicted molar refractivity (Wildman–Crippen MR) is 62.0 cm³/mol. The maximum absolute atomic E-state index is 2.47. The summed E-state index contributed by atoms with van der Waals surface area (Å²) in [5.41, 5.74) is 0.726. The molecule has 0 aromatic carbocycles. The van der Waals surface area contributed by atoms with E-state index in [0.29, 0.717) is 0 Å². The van der Waals surface area contributed by atoms with Gasteiger partial charge in [0.05, 0.1) is 0 Å². The van der Waals surface area contributed by atoms with Gasteiger partial charge in [0.2, 0.25) is 0 Å². The molecule has 1 aliphatic rings. The van der Waals surface area contributed by atoms with E-state index in [1.807, 2.05) is 13.8 Å². The highest BCUT2D eigenvalue weighted by molar-refractivity contribution is 4.80. The van der Waals surface area contributed by atoms with Gasteiger partial charge in [-0.05, 0) is 30.6 Å². The van der Waals surface area contributed by atoms with Crippen LogP contribution < -0.4 is 0 Å². The molecule has 0 unspecified atom stereocenters. The van der Waals surface area contributed by atoms with Gasteiger partial charge in [0.25, 0.3) is 0 Å². The lowest BCUT2D eigenvalue weighted by atomic mass is 9.82. The van der Waals surface area contributed by atoms with Crippen LogP contribution in [0.2, 0.25) is 0 Å². The van der Waals surface area contributed by atoms with E-state index < -0.39 is 0 Å². The Morgan fingerprint density at radius 3 is 1.92 bits per heavy atom. The molecule has 0 radical (unpaired) electrons. The Labute approximate surface area is 85.1 Å². The second-order valence-electron chi connectivity index (χ2n) is 4.95. The molecule has 1 saturated carbocycles. The lowest BCUT2D eigenvalue weighted by molar-refractivity contribution is 0.281. The number of hydrogen-bond acceptors (Lipinski definition) is 0. The SMILES string of the molecule is CC.CC(C)CCC1(C)CCCC1. The molecule has 0 N–H and O–H groups in total. The topological polar surface area (TPSA) is 0 Å². The Kier molecular flexibility index (Phi) is 6.45. The Morgan fingerprint density at radius 2 is 1.54 bits per heavy atom. The largest absolute Gasteiger partial charge is 0.0683 e. The zero-order chi connectivity index (χ0) is 10.3. The molecule has 0 amide bonds. The van der Waals surface area contributed by atoms with Crippen LogP contribution in [0.25, 0.3) is 0 Å². The van der Waals surface area contributed by atoms with Crippen molar-refractivity contribution in [1.82, 2.24) is 0 Å². The molecule has 0 aliphatic heterocycles. The van der Waals surface area contributed by atoms with Gasteiger partial charge < -0.3 is 0 Å². The second-order valence-corrected chi connectivity index (χ2v) is 4.95. The average molecular weight is 184 g/mol. The summed E-state index contributed by atoms with van der Waals surface area (Å²) in [5, 5.41) is 0. The standard InChI is InChI=1S/C11H22.C2H6/c1-10(2)6-9-11(3)7-4-5-8-11;1-2/h10H,4-9H2,1-3H3;1-2H3. The molecule has 0 nitrogen and oxygen atoms in total. The van der Waals surface area contributed by atoms with Gasteiger partial charge in [-0.25, -0.2) is 0 Å². The van der Waals surface area contributed by atoms with Crippen LogP contribution in [-0.2, 0) is 0 Å². The van der Waals surface area contributed by atoms with E-state index in [1.165, 1.54) is 38.5 Å². The normalized spacial score (nSPS) is 19.8. The zero-order valence-corrected chi connectivity index (χ0v) is 10.3. The van der Waals surface area contributed by atoms with Gasteiger partial charge in [0.1, 0.15) is 0 Å². The molecule has 0 atom stereocenters. The smallest absolute Gasteiger partial charge is 0.0326 e. The minimum absolute atomic E-state index is 0.726. The summed E-state index contributed by atoms with van der Waals surface area (Å²) in [7, 11) is 0. The first-order chi connectivity index (χ1) is 6.12. The molecular formula is C13H28. The quantitative estimate of drug-likeness (QED) is 0.577. The van der Waals surface area contributed by atoms with Crippen molar-refractivity contribution in [2.75, 3.05) is 0 Å². The Bertz CT molecular complexity index is 107. The van der Waals surface area contributed by atoms with Crippen LogP contribution in [0.15, 0.2) is 0 Å². The average Bonchev–Trinajstić information content (AvgIpc) is 2.54. The number of rotatable bonds is 3. The van der Waals surface area contributed by atoms with Gasteiger partial charge in [-0.3, -0.25) is 0 Å². The zero-order valence-electron chi connectivity index (χ0n) is 10.3. The predicted octanol–water partition coefficient (Wildman–Crippen LogP) is 5.03. The fourth-order valence-corrected chi connectivity index (χ4v) is 2.12. The van der Waals surface area contributed by atoms with E-state index in [9.17, 15) is 0 Å². The fraction of sp³-hybridized carbons (Fsp3) is 1.00. The first-order valence-corrected chi connectivity index (χ1v) is 6.12. The molecular weight excluding hydrogens is 156 g/mol. The third kappa shape index (κ3) is 5.33. The highest BCUT2D eigenvalue weighted by Gasteiger charge is 2.27. The maximum Gasteiger partial charge on any atom is -0.0326 e. The van der Waals surface area contributed by atoms with Crippen molar-refractivity contribution in [3.05, 3.63) is 0 Å². The summed E-state index contributed by atoms with van der Waals surface area (Å²) < 4.78 is 0. The lowest BCUT2D eigenvalue weighted by Gasteiger charge is -2.24. The van der Waals surface area contributed by atoms with Gasteiger partial charge in [0.15, 0.2) is 0 Å².